The van der Waals surface area contributed by atoms with Crippen LogP contribution < -0.4 is 9.47 Å². The van der Waals surface area contributed by atoms with E-state index in [0.29, 0.717) is 70.2 Å². The van der Waals surface area contributed by atoms with Crippen molar-refractivity contribution in [2.45, 2.75) is 76.2 Å². The van der Waals surface area contributed by atoms with Crippen LogP contribution >= 0.6 is 0 Å². The molecule has 3 heterocycles. The highest BCUT2D eigenvalue weighted by atomic mass is 19.4. The van der Waals surface area contributed by atoms with E-state index in [9.17, 15) is 18.0 Å². The van der Waals surface area contributed by atoms with Gasteiger partial charge in [0.25, 0.3) is 0 Å². The van der Waals surface area contributed by atoms with Crippen molar-refractivity contribution in [2.75, 3.05) is 26.2 Å². The standard InChI is InChI=1S/C27H36F4N4O3/c1-19(27(29,30)31)38-25-4-3-21-7-12-35(13-8-24(21)33-25)14-11-26(28)9-5-20(6-10-26)15-22(36)18-37-23-16-32-34(2)17-23/h3-4,16-17,19-20H,5-15,18H2,1-2H3/t19-,20?,26?/m1/s1. The van der Waals surface area contributed by atoms with Crippen LogP contribution in [0.1, 0.15) is 56.7 Å². The van der Waals surface area contributed by atoms with Gasteiger partial charge in [0, 0.05) is 51.3 Å². The average Bonchev–Trinajstić information content (AvgIpc) is 3.18. The molecule has 2 aromatic rings. The Labute approximate surface area is 220 Å². The van der Waals surface area contributed by atoms with Gasteiger partial charge in [0.05, 0.1) is 12.4 Å². The molecule has 0 aromatic carbocycles. The molecule has 0 saturated heterocycles. The number of halogens is 4. The van der Waals surface area contributed by atoms with Crippen LogP contribution in [0.2, 0.25) is 0 Å². The maximum absolute atomic E-state index is 15.6. The Balaban J connectivity index is 1.18. The number of ether oxygens (including phenoxy) is 2. The normalized spacial score (nSPS) is 23.4. The van der Waals surface area contributed by atoms with Crippen LogP contribution in [-0.2, 0) is 24.7 Å². The summed E-state index contributed by atoms with van der Waals surface area (Å²) < 4.78 is 66.1. The van der Waals surface area contributed by atoms with Gasteiger partial charge in [0.1, 0.15) is 12.3 Å². The maximum atomic E-state index is 15.6. The van der Waals surface area contributed by atoms with Crippen molar-refractivity contribution < 1.29 is 31.8 Å². The third-order valence-corrected chi connectivity index (χ3v) is 7.64. The predicted molar refractivity (Wildman–Crippen MR) is 133 cm³/mol. The number of Topliss-reactive ketones (excluding diaryl/α,β-unsaturated/α-hetero) is 1. The molecule has 1 aliphatic heterocycles. The number of fused-ring (bicyclic) bond motifs is 1. The third-order valence-electron chi connectivity index (χ3n) is 7.64. The Morgan fingerprint density at radius 1 is 1.21 bits per heavy atom. The number of carbonyl (C=O) groups excluding carboxylic acids is 1. The number of rotatable bonds is 10. The summed E-state index contributed by atoms with van der Waals surface area (Å²) in [6, 6.07) is 3.27. The topological polar surface area (TPSA) is 69.5 Å². The first-order valence-electron chi connectivity index (χ1n) is 13.3. The number of alkyl halides is 4. The van der Waals surface area contributed by atoms with E-state index < -0.39 is 17.9 Å². The molecule has 0 spiro atoms. The van der Waals surface area contributed by atoms with Crippen LogP contribution in [0.4, 0.5) is 17.6 Å². The van der Waals surface area contributed by atoms with Gasteiger partial charge >= 0.3 is 6.18 Å². The SMILES string of the molecule is C[C@@H](Oc1ccc2c(n1)CCN(CCC1(F)CCC(CC(=O)COc3cnn(C)c3)CC1)CC2)C(F)(F)F. The molecule has 0 amide bonds. The van der Waals surface area contributed by atoms with Crippen molar-refractivity contribution in [3.05, 3.63) is 35.8 Å². The van der Waals surface area contributed by atoms with E-state index in [4.69, 9.17) is 9.47 Å². The van der Waals surface area contributed by atoms with Crippen LogP contribution in [-0.4, -0.2) is 69.6 Å². The van der Waals surface area contributed by atoms with E-state index in [0.717, 1.165) is 24.7 Å². The predicted octanol–water partition coefficient (Wildman–Crippen LogP) is 4.87. The van der Waals surface area contributed by atoms with Crippen LogP contribution in [0.3, 0.4) is 0 Å². The molecule has 1 saturated carbocycles. The lowest BCUT2D eigenvalue weighted by molar-refractivity contribution is -0.190. The van der Waals surface area contributed by atoms with Gasteiger partial charge in [-0.15, -0.1) is 0 Å². The zero-order valence-corrected chi connectivity index (χ0v) is 22.0. The Bertz CT molecular complexity index is 1080. The van der Waals surface area contributed by atoms with Gasteiger partial charge in [-0.05, 0) is 56.9 Å². The first-order chi connectivity index (χ1) is 18.0. The first kappa shape index (κ1) is 28.3. The van der Waals surface area contributed by atoms with Crippen molar-refractivity contribution in [2.24, 2.45) is 13.0 Å². The van der Waals surface area contributed by atoms with Crippen molar-refractivity contribution in [1.29, 1.82) is 0 Å². The van der Waals surface area contributed by atoms with Crippen LogP contribution in [0.25, 0.3) is 0 Å². The quantitative estimate of drug-likeness (QED) is 0.401. The number of aryl methyl sites for hydroxylation is 1. The van der Waals surface area contributed by atoms with E-state index in [1.807, 2.05) is 0 Å². The summed E-state index contributed by atoms with van der Waals surface area (Å²) in [5, 5.41) is 4.01. The second-order valence-electron chi connectivity index (χ2n) is 10.6. The maximum Gasteiger partial charge on any atom is 0.425 e. The molecule has 38 heavy (non-hydrogen) atoms. The fraction of sp³-hybridized carbons (Fsp3) is 0.667. The Kier molecular flexibility index (Phi) is 8.95. The number of hydrogen-bond donors (Lipinski definition) is 0. The van der Waals surface area contributed by atoms with E-state index in [2.05, 4.69) is 15.0 Å². The lowest BCUT2D eigenvalue weighted by atomic mass is 9.76. The minimum absolute atomic E-state index is 0.00411. The molecule has 4 rings (SSSR count). The monoisotopic (exact) mass is 540 g/mol. The van der Waals surface area contributed by atoms with E-state index in [1.165, 1.54) is 6.07 Å². The molecule has 1 atom stereocenters. The van der Waals surface area contributed by atoms with Gasteiger partial charge in [0.2, 0.25) is 5.88 Å². The Morgan fingerprint density at radius 2 is 1.95 bits per heavy atom. The summed E-state index contributed by atoms with van der Waals surface area (Å²) in [5.74, 6) is 0.733. The lowest BCUT2D eigenvalue weighted by Gasteiger charge is -2.35. The fourth-order valence-corrected chi connectivity index (χ4v) is 5.17. The van der Waals surface area contributed by atoms with Crippen LogP contribution in [0, 0.1) is 5.92 Å². The number of nitrogens with zero attached hydrogens (tertiary/aromatic N) is 4. The van der Waals surface area contributed by atoms with Gasteiger partial charge in [-0.3, -0.25) is 9.48 Å². The lowest BCUT2D eigenvalue weighted by Crippen LogP contribution is -2.36. The van der Waals surface area contributed by atoms with Crippen molar-refractivity contribution in [3.8, 4) is 11.6 Å². The van der Waals surface area contributed by atoms with Gasteiger partial charge in [0.15, 0.2) is 17.6 Å². The van der Waals surface area contributed by atoms with Crippen LogP contribution in [0.15, 0.2) is 24.5 Å². The Morgan fingerprint density at radius 3 is 2.63 bits per heavy atom. The number of pyridine rings is 1. The van der Waals surface area contributed by atoms with Gasteiger partial charge in [-0.25, -0.2) is 9.37 Å². The molecule has 2 aliphatic rings. The summed E-state index contributed by atoms with van der Waals surface area (Å²) in [6.07, 6.45) is 1.28. The zero-order chi connectivity index (χ0) is 27.3. The summed E-state index contributed by atoms with van der Waals surface area (Å²) in [4.78, 5) is 18.8. The molecule has 7 nitrogen and oxygen atoms in total. The minimum atomic E-state index is -4.45. The van der Waals surface area contributed by atoms with Crippen molar-refractivity contribution in [1.82, 2.24) is 19.7 Å². The Hall–Kier alpha value is -2.69. The molecule has 1 fully saturated rings. The molecular formula is C27H36F4N4O3. The molecule has 0 radical (unpaired) electrons. The smallest absolute Gasteiger partial charge is 0.425 e. The van der Waals surface area contributed by atoms with E-state index in [1.54, 1.807) is 30.2 Å². The number of hydrogen-bond acceptors (Lipinski definition) is 6. The summed E-state index contributed by atoms with van der Waals surface area (Å²) >= 11 is 0. The summed E-state index contributed by atoms with van der Waals surface area (Å²) in [6.45, 7) is 3.00. The van der Waals surface area contributed by atoms with Gasteiger partial charge < -0.3 is 14.4 Å². The van der Waals surface area contributed by atoms with Crippen molar-refractivity contribution in [3.63, 3.8) is 0 Å². The molecule has 2 aromatic heterocycles. The van der Waals surface area contributed by atoms with Gasteiger partial charge in [-0.1, -0.05) is 6.07 Å². The van der Waals surface area contributed by atoms with Crippen LogP contribution in [0.5, 0.6) is 11.6 Å². The zero-order valence-electron chi connectivity index (χ0n) is 22.0. The molecule has 11 heteroatoms. The summed E-state index contributed by atoms with van der Waals surface area (Å²) in [5.41, 5.74) is 0.497. The first-order valence-corrected chi connectivity index (χ1v) is 13.3. The minimum Gasteiger partial charge on any atom is -0.483 e. The second kappa shape index (κ2) is 12.0. The van der Waals surface area contributed by atoms with Crippen molar-refractivity contribution >= 4 is 5.78 Å². The number of ketones is 1. The third kappa shape index (κ3) is 7.91. The molecule has 0 unspecified atom stereocenters. The molecule has 0 N–H and O–H groups in total. The largest absolute Gasteiger partial charge is 0.483 e. The number of aromatic nitrogens is 3. The summed E-state index contributed by atoms with van der Waals surface area (Å²) in [7, 11) is 1.78. The van der Waals surface area contributed by atoms with E-state index >= 15 is 4.39 Å². The molecular weight excluding hydrogens is 504 g/mol. The molecule has 1 aliphatic carbocycles. The highest BCUT2D eigenvalue weighted by Crippen LogP contribution is 2.39. The second-order valence-corrected chi connectivity index (χ2v) is 10.6. The average molecular weight is 541 g/mol. The molecule has 0 bridgehead atoms. The number of carbonyl (C=O) groups is 1. The van der Waals surface area contributed by atoms with Gasteiger partial charge in [-0.2, -0.15) is 18.3 Å². The highest BCUT2D eigenvalue weighted by molar-refractivity contribution is 5.80. The molecule has 210 valence electrons. The fourth-order valence-electron chi connectivity index (χ4n) is 5.17. The highest BCUT2D eigenvalue weighted by Gasteiger charge is 2.38. The van der Waals surface area contributed by atoms with E-state index in [-0.39, 0.29) is 24.2 Å².